The first kappa shape index (κ1) is 31.9. The van der Waals surface area contributed by atoms with Crippen LogP contribution in [0.25, 0.3) is 88.8 Å². The van der Waals surface area contributed by atoms with Crippen molar-refractivity contribution in [3.63, 3.8) is 0 Å². The molecule has 0 bridgehead atoms. The molecule has 0 saturated heterocycles. The normalized spacial score (nSPS) is 14.7. The van der Waals surface area contributed by atoms with Crippen LogP contribution in [-0.4, -0.2) is 9.97 Å². The minimum Gasteiger partial charge on any atom is -0.228 e. The van der Waals surface area contributed by atoms with Crippen LogP contribution in [0.2, 0.25) is 0 Å². The van der Waals surface area contributed by atoms with E-state index in [1.54, 1.807) is 0 Å². The molecule has 264 valence electrons. The fourth-order valence-corrected chi connectivity index (χ4v) is 9.99. The zero-order valence-corrected chi connectivity index (χ0v) is 31.0. The SMILES string of the molecule is c1ccc(-c2cc(-c3ccc4c(c3)C3(c5ccccc5-c5ccccc5-4)c4ccccc4-c4c3c3ccccc3c3ccccc43)nc(-c3ccccc3)n2)cc1. The lowest BCUT2D eigenvalue weighted by Gasteiger charge is -2.36. The molecule has 0 radical (unpaired) electrons. The first-order chi connectivity index (χ1) is 28.3. The molecule has 0 saturated carbocycles. The van der Waals surface area contributed by atoms with Gasteiger partial charge in [0, 0.05) is 16.7 Å². The maximum absolute atomic E-state index is 5.34. The third-order valence-corrected chi connectivity index (χ3v) is 12.3. The maximum Gasteiger partial charge on any atom is 0.160 e. The number of rotatable bonds is 3. The Morgan fingerprint density at radius 1 is 0.298 bits per heavy atom. The molecule has 2 aliphatic carbocycles. The van der Waals surface area contributed by atoms with Crippen molar-refractivity contribution in [3.8, 4) is 67.3 Å². The lowest BCUT2D eigenvalue weighted by Crippen LogP contribution is -2.29. The summed E-state index contributed by atoms with van der Waals surface area (Å²) < 4.78 is 0. The number of hydrogen-bond donors (Lipinski definition) is 0. The Labute approximate surface area is 331 Å². The van der Waals surface area contributed by atoms with E-state index in [-0.39, 0.29) is 0 Å². The molecule has 1 aromatic heterocycles. The van der Waals surface area contributed by atoms with Crippen molar-refractivity contribution in [1.82, 2.24) is 9.97 Å². The van der Waals surface area contributed by atoms with Gasteiger partial charge in [-0.2, -0.15) is 0 Å². The molecule has 0 aliphatic heterocycles. The molecule has 57 heavy (non-hydrogen) atoms. The number of aromatic nitrogens is 2. The molecule has 10 aromatic rings. The standard InChI is InChI=1S/C55H34N2/c1-3-17-35(18-4-1)50-34-51(57-54(56-50)36-19-5-2-6-20-36)37-31-32-43-39-22-8-7-21-38(39)42-25-13-15-29-47(42)55(49(43)33-37)48-30-16-14-28-46(48)52-44-26-11-9-23-40(44)41-24-10-12-27-45(41)53(52)55/h1-34H. The van der Waals surface area contributed by atoms with Crippen LogP contribution >= 0.6 is 0 Å². The van der Waals surface area contributed by atoms with Crippen molar-refractivity contribution in [2.75, 3.05) is 0 Å². The summed E-state index contributed by atoms with van der Waals surface area (Å²) in [4.78, 5) is 10.5. The summed E-state index contributed by atoms with van der Waals surface area (Å²) in [5.41, 5.74) is 17.0. The third-order valence-electron chi connectivity index (χ3n) is 12.3. The summed E-state index contributed by atoms with van der Waals surface area (Å²) in [5, 5.41) is 5.11. The Morgan fingerprint density at radius 2 is 0.772 bits per heavy atom. The van der Waals surface area contributed by atoms with Crippen LogP contribution in [0.5, 0.6) is 0 Å². The average Bonchev–Trinajstić information content (AvgIpc) is 3.56. The van der Waals surface area contributed by atoms with Crippen LogP contribution in [0, 0.1) is 0 Å². The van der Waals surface area contributed by atoms with Crippen LogP contribution in [0.15, 0.2) is 206 Å². The van der Waals surface area contributed by atoms with E-state index in [4.69, 9.17) is 9.97 Å². The summed E-state index contributed by atoms with van der Waals surface area (Å²) in [6.45, 7) is 0. The minimum absolute atomic E-state index is 0.659. The van der Waals surface area contributed by atoms with Crippen molar-refractivity contribution >= 4 is 21.5 Å². The Bertz CT molecular complexity index is 3180. The molecule has 2 nitrogen and oxygen atoms in total. The van der Waals surface area contributed by atoms with Gasteiger partial charge >= 0.3 is 0 Å². The Morgan fingerprint density at radius 3 is 1.46 bits per heavy atom. The van der Waals surface area contributed by atoms with Gasteiger partial charge in [0.1, 0.15) is 0 Å². The quantitative estimate of drug-likeness (QED) is 0.170. The molecule has 9 aromatic carbocycles. The van der Waals surface area contributed by atoms with Gasteiger partial charge in [-0.25, -0.2) is 9.97 Å². The second-order valence-corrected chi connectivity index (χ2v) is 15.2. The number of nitrogens with zero attached hydrogens (tertiary/aromatic N) is 2. The molecule has 1 heterocycles. The highest BCUT2D eigenvalue weighted by molar-refractivity contribution is 6.19. The zero-order chi connectivity index (χ0) is 37.5. The van der Waals surface area contributed by atoms with E-state index in [9.17, 15) is 0 Å². The fraction of sp³-hybridized carbons (Fsp3) is 0.0182. The Hall–Kier alpha value is -7.42. The molecule has 2 heteroatoms. The summed E-state index contributed by atoms with van der Waals surface area (Å²) in [5.74, 6) is 0.710. The number of hydrogen-bond acceptors (Lipinski definition) is 2. The fourth-order valence-electron chi connectivity index (χ4n) is 9.99. The van der Waals surface area contributed by atoms with Crippen LogP contribution in [0.3, 0.4) is 0 Å². The van der Waals surface area contributed by atoms with E-state index >= 15 is 0 Å². The molecule has 1 atom stereocenters. The molecular formula is C55H34N2. The predicted octanol–water partition coefficient (Wildman–Crippen LogP) is 13.8. The maximum atomic E-state index is 5.34. The molecule has 0 N–H and O–H groups in total. The zero-order valence-electron chi connectivity index (χ0n) is 31.0. The van der Waals surface area contributed by atoms with Gasteiger partial charge in [-0.15, -0.1) is 0 Å². The van der Waals surface area contributed by atoms with Gasteiger partial charge in [-0.3, -0.25) is 0 Å². The minimum atomic E-state index is -0.659. The van der Waals surface area contributed by atoms with Crippen LogP contribution in [0.4, 0.5) is 0 Å². The highest BCUT2D eigenvalue weighted by atomic mass is 14.9. The molecule has 2 aliphatic rings. The summed E-state index contributed by atoms with van der Waals surface area (Å²) in [6.07, 6.45) is 0. The van der Waals surface area contributed by atoms with Crippen molar-refractivity contribution < 1.29 is 0 Å². The second kappa shape index (κ2) is 12.3. The van der Waals surface area contributed by atoms with Crippen molar-refractivity contribution in [3.05, 3.63) is 229 Å². The highest BCUT2D eigenvalue weighted by Crippen LogP contribution is 2.64. The summed E-state index contributed by atoms with van der Waals surface area (Å²) in [6, 6.07) is 75.3. The van der Waals surface area contributed by atoms with Crippen molar-refractivity contribution in [2.24, 2.45) is 0 Å². The molecule has 1 unspecified atom stereocenters. The van der Waals surface area contributed by atoms with Gasteiger partial charge in [-0.1, -0.05) is 194 Å². The van der Waals surface area contributed by atoms with E-state index in [1.807, 2.05) is 6.07 Å². The van der Waals surface area contributed by atoms with E-state index in [2.05, 4.69) is 200 Å². The van der Waals surface area contributed by atoms with E-state index in [0.29, 0.717) is 5.82 Å². The van der Waals surface area contributed by atoms with Gasteiger partial charge in [0.25, 0.3) is 0 Å². The highest BCUT2D eigenvalue weighted by Gasteiger charge is 2.51. The Kier molecular flexibility index (Phi) is 6.88. The number of fused-ring (bicyclic) bond motifs is 17. The predicted molar refractivity (Wildman–Crippen MR) is 235 cm³/mol. The summed E-state index contributed by atoms with van der Waals surface area (Å²) >= 11 is 0. The third kappa shape index (κ3) is 4.53. The second-order valence-electron chi connectivity index (χ2n) is 15.2. The van der Waals surface area contributed by atoms with E-state index in [0.717, 1.165) is 28.1 Å². The van der Waals surface area contributed by atoms with Crippen LogP contribution in [-0.2, 0) is 5.41 Å². The number of benzene rings is 9. The topological polar surface area (TPSA) is 25.8 Å². The van der Waals surface area contributed by atoms with Crippen molar-refractivity contribution in [1.29, 1.82) is 0 Å². The smallest absolute Gasteiger partial charge is 0.160 e. The van der Waals surface area contributed by atoms with Crippen LogP contribution < -0.4 is 0 Å². The lowest BCUT2D eigenvalue weighted by molar-refractivity contribution is 0.783. The van der Waals surface area contributed by atoms with E-state index in [1.165, 1.54) is 77.2 Å². The van der Waals surface area contributed by atoms with Gasteiger partial charge in [0.15, 0.2) is 5.82 Å². The molecular weight excluding hydrogens is 689 g/mol. The monoisotopic (exact) mass is 722 g/mol. The van der Waals surface area contributed by atoms with Gasteiger partial charge in [0.2, 0.25) is 0 Å². The van der Waals surface area contributed by atoms with Gasteiger partial charge in [0.05, 0.1) is 16.8 Å². The van der Waals surface area contributed by atoms with Crippen molar-refractivity contribution in [2.45, 2.75) is 5.41 Å². The average molecular weight is 723 g/mol. The molecule has 1 spiro atoms. The van der Waals surface area contributed by atoms with Gasteiger partial charge in [-0.05, 0) is 89.3 Å². The van der Waals surface area contributed by atoms with Crippen LogP contribution in [0.1, 0.15) is 22.3 Å². The van der Waals surface area contributed by atoms with Gasteiger partial charge < -0.3 is 0 Å². The largest absolute Gasteiger partial charge is 0.228 e. The summed E-state index contributed by atoms with van der Waals surface area (Å²) in [7, 11) is 0. The van der Waals surface area contributed by atoms with E-state index < -0.39 is 5.41 Å². The lowest BCUT2D eigenvalue weighted by atomic mass is 9.64. The molecule has 0 amide bonds. The molecule has 12 rings (SSSR count). The molecule has 0 fully saturated rings. The Balaban J connectivity index is 1.26. The first-order valence-electron chi connectivity index (χ1n) is 19.7. The first-order valence-corrected chi connectivity index (χ1v) is 19.7.